The monoisotopic (exact) mass is 277 g/mol. The van der Waals surface area contributed by atoms with Gasteiger partial charge in [0.2, 0.25) is 0 Å². The fourth-order valence-corrected chi connectivity index (χ4v) is 2.60. The Balaban J connectivity index is 0.000001000. The van der Waals surface area contributed by atoms with Crippen molar-refractivity contribution in [1.82, 2.24) is 0 Å². The molecule has 63 valence electrons. The molecule has 0 nitrogen and oxygen atoms in total. The number of halogens is 3. The Morgan fingerprint density at radius 3 is 2.09 bits per heavy atom. The number of alkyl halides is 2. The Morgan fingerprint density at radius 2 is 1.73 bits per heavy atom. The van der Waals surface area contributed by atoms with Gasteiger partial charge in [0.1, 0.15) is 0 Å². The molecule has 1 rings (SSSR count). The van der Waals surface area contributed by atoms with E-state index in [1.807, 2.05) is 0 Å². The molecule has 11 heavy (non-hydrogen) atoms. The van der Waals surface area contributed by atoms with E-state index in [9.17, 15) is 8.78 Å². The molecule has 1 saturated carbocycles. The summed E-state index contributed by atoms with van der Waals surface area (Å²) in [5, 5.41) is 1.19. The first kappa shape index (κ1) is 12.0. The van der Waals surface area contributed by atoms with Gasteiger partial charge in [0.15, 0.2) is 0 Å². The van der Waals surface area contributed by atoms with Crippen LogP contribution in [0.2, 0.25) is 5.02 Å². The minimum absolute atomic E-state index is 0. The standard InChI is InChI=1S/C7H11F2.BrH.Zn/c1-6-2-4-7(8,9)5-3-6;;/h6H,1-5H2;1H;. The van der Waals surface area contributed by atoms with Gasteiger partial charge in [-0.2, -0.15) is 0 Å². The average Bonchev–Trinajstić information content (AvgIpc) is 1.88. The zero-order valence-corrected chi connectivity index (χ0v) is 11.2. The minimum atomic E-state index is -2.33. The van der Waals surface area contributed by atoms with Crippen LogP contribution in [-0.4, -0.2) is 5.92 Å². The fraction of sp³-hybridized carbons (Fsp3) is 1.00. The van der Waals surface area contributed by atoms with Crippen molar-refractivity contribution >= 4 is 17.0 Å². The topological polar surface area (TPSA) is 0 Å². The van der Waals surface area contributed by atoms with Crippen molar-refractivity contribution < 1.29 is 27.1 Å². The quantitative estimate of drug-likeness (QED) is 0.646. The van der Waals surface area contributed by atoms with Gasteiger partial charge in [-0.05, 0) is 0 Å². The summed E-state index contributed by atoms with van der Waals surface area (Å²) >= 11 is 1.26. The first-order valence-corrected chi connectivity index (χ1v) is 5.91. The van der Waals surface area contributed by atoms with E-state index in [4.69, 9.17) is 0 Å². The molecule has 0 saturated heterocycles. The van der Waals surface area contributed by atoms with Gasteiger partial charge >= 0.3 is 69.6 Å². The second-order valence-electron chi connectivity index (χ2n) is 3.09. The molecule has 0 aromatic rings. The molecule has 0 aromatic heterocycles. The van der Waals surface area contributed by atoms with Gasteiger partial charge in [0.25, 0.3) is 0 Å². The molecule has 0 heterocycles. The van der Waals surface area contributed by atoms with E-state index in [1.165, 1.54) is 23.3 Å². The zero-order chi connectivity index (χ0) is 7.61. The fourth-order valence-electron chi connectivity index (χ4n) is 1.39. The van der Waals surface area contributed by atoms with Crippen LogP contribution in [0.15, 0.2) is 0 Å². The molecule has 0 aromatic carbocycles. The van der Waals surface area contributed by atoms with E-state index >= 15 is 0 Å². The third-order valence-corrected chi connectivity index (χ3v) is 3.96. The molecule has 0 atom stereocenters. The molecule has 0 amide bonds. The maximum absolute atomic E-state index is 12.5. The van der Waals surface area contributed by atoms with Crippen molar-refractivity contribution in [3.05, 3.63) is 0 Å². The van der Waals surface area contributed by atoms with E-state index in [0.717, 1.165) is 12.8 Å². The molecule has 1 aliphatic rings. The first-order valence-electron chi connectivity index (χ1n) is 3.81. The van der Waals surface area contributed by atoms with Crippen molar-refractivity contribution in [1.29, 1.82) is 0 Å². The predicted molar refractivity (Wildman–Crippen MR) is 42.0 cm³/mol. The van der Waals surface area contributed by atoms with Crippen molar-refractivity contribution in [2.75, 3.05) is 0 Å². The summed E-state index contributed by atoms with van der Waals surface area (Å²) in [5.74, 6) is -1.70. The van der Waals surface area contributed by atoms with Crippen molar-refractivity contribution in [3.8, 4) is 0 Å². The van der Waals surface area contributed by atoms with Gasteiger partial charge in [-0.1, -0.05) is 0 Å². The third kappa shape index (κ3) is 3.93. The van der Waals surface area contributed by atoms with Crippen LogP contribution in [0.4, 0.5) is 8.78 Å². The summed E-state index contributed by atoms with van der Waals surface area (Å²) in [6.45, 7) is 0. The van der Waals surface area contributed by atoms with Crippen LogP contribution in [0.3, 0.4) is 0 Å². The number of rotatable bonds is 1. The Labute approximate surface area is 86.6 Å². The average molecular weight is 279 g/mol. The number of hydrogen-bond donors (Lipinski definition) is 0. The second-order valence-corrected chi connectivity index (χ2v) is 4.30. The molecule has 0 aliphatic heterocycles. The molecular formula is C7H12BrF2Zn. The van der Waals surface area contributed by atoms with Gasteiger partial charge < -0.3 is 0 Å². The van der Waals surface area contributed by atoms with Crippen LogP contribution in [-0.2, 0) is 18.3 Å². The van der Waals surface area contributed by atoms with Crippen molar-refractivity contribution in [2.24, 2.45) is 5.92 Å². The van der Waals surface area contributed by atoms with Crippen LogP contribution in [0.1, 0.15) is 25.7 Å². The van der Waals surface area contributed by atoms with Crippen LogP contribution >= 0.6 is 17.0 Å². The zero-order valence-electron chi connectivity index (χ0n) is 6.48. The molecule has 4 heteroatoms. The van der Waals surface area contributed by atoms with Crippen LogP contribution in [0.5, 0.6) is 0 Å². The summed E-state index contributed by atoms with van der Waals surface area (Å²) in [4.78, 5) is 0. The second kappa shape index (κ2) is 4.86. The molecule has 0 unspecified atom stereocenters. The van der Waals surface area contributed by atoms with Gasteiger partial charge in [0.05, 0.1) is 0 Å². The van der Waals surface area contributed by atoms with Gasteiger partial charge in [-0.25, -0.2) is 0 Å². The van der Waals surface area contributed by atoms with Gasteiger partial charge in [-0.15, -0.1) is 17.0 Å². The van der Waals surface area contributed by atoms with E-state index in [0.29, 0.717) is 5.92 Å². The van der Waals surface area contributed by atoms with Crippen LogP contribution < -0.4 is 0 Å². The third-order valence-electron chi connectivity index (χ3n) is 2.24. The van der Waals surface area contributed by atoms with E-state index in [-0.39, 0.29) is 29.8 Å². The summed E-state index contributed by atoms with van der Waals surface area (Å²) < 4.78 is 25.0. The molecule has 0 spiro atoms. The summed E-state index contributed by atoms with van der Waals surface area (Å²) in [5.41, 5.74) is 0. The molecular weight excluding hydrogens is 267 g/mol. The number of hydrogen-bond acceptors (Lipinski definition) is 0. The molecule has 0 N–H and O–H groups in total. The molecule has 1 aliphatic carbocycles. The maximum atomic E-state index is 12.5. The normalized spacial score (nSPS) is 24.4. The van der Waals surface area contributed by atoms with E-state index in [2.05, 4.69) is 0 Å². The summed E-state index contributed by atoms with van der Waals surface area (Å²) in [6, 6.07) is 0. The Bertz CT molecular complexity index is 109. The SMILES string of the molecule is Br.FC1(F)CCC([CH2][Zn])CC1. The Hall–Kier alpha value is 0.963. The first-order chi connectivity index (χ1) is 4.64. The summed E-state index contributed by atoms with van der Waals surface area (Å²) in [6.07, 6.45) is 1.79. The Kier molecular flexibility index (Phi) is 5.29. The van der Waals surface area contributed by atoms with Crippen molar-refractivity contribution in [2.45, 2.75) is 36.6 Å². The molecule has 0 bridgehead atoms. The van der Waals surface area contributed by atoms with Crippen molar-refractivity contribution in [3.63, 3.8) is 0 Å². The predicted octanol–water partition coefficient (Wildman–Crippen LogP) is 3.35. The molecule has 0 radical (unpaired) electrons. The van der Waals surface area contributed by atoms with Gasteiger partial charge in [-0.3, -0.25) is 0 Å². The van der Waals surface area contributed by atoms with Crippen LogP contribution in [0.25, 0.3) is 0 Å². The van der Waals surface area contributed by atoms with E-state index in [1.54, 1.807) is 0 Å². The van der Waals surface area contributed by atoms with E-state index < -0.39 is 5.92 Å². The summed E-state index contributed by atoms with van der Waals surface area (Å²) in [7, 11) is 0. The molecule has 1 fully saturated rings. The van der Waals surface area contributed by atoms with Crippen LogP contribution in [0, 0.1) is 5.92 Å². The van der Waals surface area contributed by atoms with Gasteiger partial charge in [0, 0.05) is 0 Å². The Morgan fingerprint density at radius 1 is 1.27 bits per heavy atom.